The second-order valence-electron chi connectivity index (χ2n) is 4.18. The molecule has 0 saturated heterocycles. The van der Waals surface area contributed by atoms with Gasteiger partial charge in [0.2, 0.25) is 0 Å². The van der Waals surface area contributed by atoms with Gasteiger partial charge < -0.3 is 10.1 Å². The van der Waals surface area contributed by atoms with Crippen molar-refractivity contribution in [3.63, 3.8) is 0 Å². The first kappa shape index (κ1) is 14.9. The molecule has 0 aliphatic carbocycles. The smallest absolute Gasteiger partial charge is 0.160 e. The van der Waals surface area contributed by atoms with Crippen LogP contribution in [0.2, 0.25) is 10.0 Å². The maximum absolute atomic E-state index is 13.3. The Morgan fingerprint density at radius 3 is 2.25 bits per heavy atom. The van der Waals surface area contributed by atoms with E-state index in [-0.39, 0.29) is 10.0 Å². The van der Waals surface area contributed by atoms with Crippen LogP contribution in [0.1, 0.15) is 12.5 Å². The quantitative estimate of drug-likeness (QED) is 0.771. The number of anilines is 1. The largest absolute Gasteiger partial charge is 0.494 e. The Morgan fingerprint density at radius 2 is 1.70 bits per heavy atom. The SMILES string of the molecule is CCOc1ccc(CNc2cc(Cl)c(F)c(Cl)c2)cc1. The summed E-state index contributed by atoms with van der Waals surface area (Å²) in [5.74, 6) is 0.240. The molecule has 0 heterocycles. The number of halogens is 3. The van der Waals surface area contributed by atoms with Gasteiger partial charge in [0.05, 0.1) is 16.7 Å². The van der Waals surface area contributed by atoms with Crippen LogP contribution in [0.4, 0.5) is 10.1 Å². The fraction of sp³-hybridized carbons (Fsp3) is 0.200. The van der Waals surface area contributed by atoms with Crippen molar-refractivity contribution in [2.24, 2.45) is 0 Å². The van der Waals surface area contributed by atoms with Crippen molar-refractivity contribution in [2.45, 2.75) is 13.5 Å². The Labute approximate surface area is 127 Å². The Balaban J connectivity index is 2.01. The van der Waals surface area contributed by atoms with E-state index in [1.165, 1.54) is 12.1 Å². The summed E-state index contributed by atoms with van der Waals surface area (Å²) in [6, 6.07) is 10.8. The third kappa shape index (κ3) is 3.78. The van der Waals surface area contributed by atoms with Crippen molar-refractivity contribution in [1.29, 1.82) is 0 Å². The standard InChI is InChI=1S/C15H14Cl2FNO/c1-2-20-12-5-3-10(4-6-12)9-19-11-7-13(16)15(18)14(17)8-11/h3-8,19H,2,9H2,1H3. The van der Waals surface area contributed by atoms with Crippen LogP contribution in [0.5, 0.6) is 5.75 Å². The zero-order valence-corrected chi connectivity index (χ0v) is 12.4. The van der Waals surface area contributed by atoms with E-state index in [0.717, 1.165) is 11.3 Å². The molecule has 0 radical (unpaired) electrons. The number of rotatable bonds is 5. The summed E-state index contributed by atoms with van der Waals surface area (Å²) in [6.07, 6.45) is 0. The average molecular weight is 314 g/mol. The predicted octanol–water partition coefficient (Wildman–Crippen LogP) is 5.14. The van der Waals surface area contributed by atoms with Gasteiger partial charge in [-0.05, 0) is 36.8 Å². The average Bonchev–Trinajstić information content (AvgIpc) is 2.44. The minimum Gasteiger partial charge on any atom is -0.494 e. The molecule has 0 unspecified atom stereocenters. The molecule has 5 heteroatoms. The molecule has 2 nitrogen and oxygen atoms in total. The molecule has 0 amide bonds. The molecule has 0 aliphatic heterocycles. The zero-order chi connectivity index (χ0) is 14.5. The van der Waals surface area contributed by atoms with E-state index in [2.05, 4.69) is 5.32 Å². The highest BCUT2D eigenvalue weighted by atomic mass is 35.5. The maximum Gasteiger partial charge on any atom is 0.160 e. The van der Waals surface area contributed by atoms with Crippen molar-refractivity contribution in [2.75, 3.05) is 11.9 Å². The van der Waals surface area contributed by atoms with E-state index in [1.54, 1.807) is 0 Å². The number of hydrogen-bond acceptors (Lipinski definition) is 2. The van der Waals surface area contributed by atoms with Gasteiger partial charge in [-0.25, -0.2) is 4.39 Å². The first-order chi connectivity index (χ1) is 9.60. The minimum absolute atomic E-state index is 0.00620. The molecule has 0 fully saturated rings. The lowest BCUT2D eigenvalue weighted by atomic mass is 10.2. The van der Waals surface area contributed by atoms with E-state index in [9.17, 15) is 4.39 Å². The molecule has 20 heavy (non-hydrogen) atoms. The van der Waals surface area contributed by atoms with Gasteiger partial charge in [-0.15, -0.1) is 0 Å². The van der Waals surface area contributed by atoms with Crippen LogP contribution in [0, 0.1) is 5.82 Å². The van der Waals surface area contributed by atoms with E-state index < -0.39 is 5.82 Å². The number of nitrogens with one attached hydrogen (secondary N) is 1. The van der Waals surface area contributed by atoms with Crippen molar-refractivity contribution in [3.8, 4) is 5.75 Å². The van der Waals surface area contributed by atoms with Gasteiger partial charge in [0.25, 0.3) is 0 Å². The molecule has 0 atom stereocenters. The van der Waals surface area contributed by atoms with Gasteiger partial charge in [-0.3, -0.25) is 0 Å². The van der Waals surface area contributed by atoms with E-state index in [1.807, 2.05) is 31.2 Å². The molecular formula is C15H14Cl2FNO. The predicted molar refractivity (Wildman–Crippen MR) is 81.4 cm³/mol. The fourth-order valence-corrected chi connectivity index (χ4v) is 2.22. The van der Waals surface area contributed by atoms with Gasteiger partial charge in [-0.2, -0.15) is 0 Å². The van der Waals surface area contributed by atoms with Gasteiger partial charge in [-0.1, -0.05) is 35.3 Å². The van der Waals surface area contributed by atoms with E-state index in [4.69, 9.17) is 27.9 Å². The molecule has 0 aliphatic rings. The van der Waals surface area contributed by atoms with Crippen LogP contribution >= 0.6 is 23.2 Å². The molecule has 2 aromatic carbocycles. The third-order valence-corrected chi connectivity index (χ3v) is 3.26. The molecule has 1 N–H and O–H groups in total. The highest BCUT2D eigenvalue weighted by molar-refractivity contribution is 6.35. The summed E-state index contributed by atoms with van der Waals surface area (Å²) in [6.45, 7) is 3.17. The van der Waals surface area contributed by atoms with Crippen LogP contribution in [0.15, 0.2) is 36.4 Å². The van der Waals surface area contributed by atoms with Crippen LogP contribution in [-0.2, 0) is 6.54 Å². The molecule has 2 rings (SSSR count). The van der Waals surface area contributed by atoms with Gasteiger partial charge in [0, 0.05) is 12.2 Å². The van der Waals surface area contributed by atoms with Crippen LogP contribution in [0.3, 0.4) is 0 Å². The number of benzene rings is 2. The van der Waals surface area contributed by atoms with Crippen molar-refractivity contribution in [1.82, 2.24) is 0 Å². The van der Waals surface area contributed by atoms with Crippen LogP contribution in [-0.4, -0.2) is 6.61 Å². The number of ether oxygens (including phenoxy) is 1. The first-order valence-electron chi connectivity index (χ1n) is 6.20. The normalized spacial score (nSPS) is 10.4. The summed E-state index contributed by atoms with van der Waals surface area (Å²) < 4.78 is 18.7. The Morgan fingerprint density at radius 1 is 1.10 bits per heavy atom. The van der Waals surface area contributed by atoms with Crippen molar-refractivity contribution >= 4 is 28.9 Å². The lowest BCUT2D eigenvalue weighted by molar-refractivity contribution is 0.340. The zero-order valence-electron chi connectivity index (χ0n) is 10.9. The maximum atomic E-state index is 13.3. The van der Waals surface area contributed by atoms with E-state index >= 15 is 0 Å². The highest BCUT2D eigenvalue weighted by Crippen LogP contribution is 2.27. The monoisotopic (exact) mass is 313 g/mol. The molecule has 0 aromatic heterocycles. The fourth-order valence-electron chi connectivity index (χ4n) is 1.73. The second-order valence-corrected chi connectivity index (χ2v) is 5.00. The summed E-state index contributed by atoms with van der Waals surface area (Å²) in [7, 11) is 0. The van der Waals surface area contributed by atoms with Crippen LogP contribution < -0.4 is 10.1 Å². The Kier molecular flexibility index (Phi) is 5.10. The minimum atomic E-state index is -0.597. The van der Waals surface area contributed by atoms with Crippen LogP contribution in [0.25, 0.3) is 0 Å². The summed E-state index contributed by atoms with van der Waals surface area (Å²) in [5.41, 5.74) is 1.75. The van der Waals surface area contributed by atoms with Gasteiger partial charge in [0.15, 0.2) is 5.82 Å². The van der Waals surface area contributed by atoms with Gasteiger partial charge >= 0.3 is 0 Å². The molecule has 0 spiro atoms. The van der Waals surface area contributed by atoms with Crippen molar-refractivity contribution < 1.29 is 9.13 Å². The summed E-state index contributed by atoms with van der Waals surface area (Å²) >= 11 is 11.5. The number of hydrogen-bond donors (Lipinski definition) is 1. The third-order valence-electron chi connectivity index (χ3n) is 2.71. The first-order valence-corrected chi connectivity index (χ1v) is 6.96. The molecule has 0 bridgehead atoms. The Bertz CT molecular complexity index is 564. The second kappa shape index (κ2) is 6.82. The van der Waals surface area contributed by atoms with Crippen molar-refractivity contribution in [3.05, 3.63) is 57.8 Å². The topological polar surface area (TPSA) is 21.3 Å². The van der Waals surface area contributed by atoms with Gasteiger partial charge in [0.1, 0.15) is 5.75 Å². The Hall–Kier alpha value is -1.45. The highest BCUT2D eigenvalue weighted by Gasteiger charge is 2.07. The summed E-state index contributed by atoms with van der Waals surface area (Å²) in [4.78, 5) is 0. The molecule has 2 aromatic rings. The molecule has 106 valence electrons. The lowest BCUT2D eigenvalue weighted by Crippen LogP contribution is -2.00. The molecular weight excluding hydrogens is 300 g/mol. The van der Waals surface area contributed by atoms with E-state index in [0.29, 0.717) is 18.8 Å². The summed E-state index contributed by atoms with van der Waals surface area (Å²) in [5, 5.41) is 3.16. The lowest BCUT2D eigenvalue weighted by Gasteiger charge is -2.09. The molecule has 0 saturated carbocycles.